The molecule has 1 aliphatic carbocycles. The van der Waals surface area contributed by atoms with Crippen molar-refractivity contribution in [2.75, 3.05) is 32.8 Å². The highest BCUT2D eigenvalue weighted by atomic mass is 19.1. The van der Waals surface area contributed by atoms with E-state index in [1.807, 2.05) is 0 Å². The van der Waals surface area contributed by atoms with Gasteiger partial charge in [-0.25, -0.2) is 9.87 Å². The van der Waals surface area contributed by atoms with Crippen LogP contribution in [0.1, 0.15) is 47.7 Å². The molecular formula is C20H28FN3O3. The summed E-state index contributed by atoms with van der Waals surface area (Å²) in [5.74, 6) is -1.06. The molecule has 27 heavy (non-hydrogen) atoms. The lowest BCUT2D eigenvalue weighted by molar-refractivity contribution is -0.136. The molecule has 1 saturated carbocycles. The number of benzene rings is 1. The molecule has 2 aliphatic heterocycles. The van der Waals surface area contributed by atoms with E-state index in [2.05, 4.69) is 16.7 Å². The third-order valence-electron chi connectivity index (χ3n) is 5.94. The summed E-state index contributed by atoms with van der Waals surface area (Å²) in [7, 11) is 0. The first-order chi connectivity index (χ1) is 13.0. The summed E-state index contributed by atoms with van der Waals surface area (Å²) in [6, 6.07) is 3.68. The molecule has 4 rings (SSSR count). The minimum Gasteiger partial charge on any atom is -0.373 e. The maximum absolute atomic E-state index is 14.4. The van der Waals surface area contributed by atoms with Crippen molar-refractivity contribution in [3.63, 3.8) is 0 Å². The summed E-state index contributed by atoms with van der Waals surface area (Å²) in [4.78, 5) is 16.3. The number of rotatable bonds is 7. The standard InChI is InChI=1S/C20H28FN3O3/c1-20(12-24(13-20)16-3-4-16)27-8-2-6-23-7-5-14-9-15(19(25)22-26)10-18(21)17(14)11-23/h9-10,16,26H,2-8,11-13H2,1H3,(H,22,25). The molecule has 2 heterocycles. The second kappa shape index (κ2) is 7.47. The van der Waals surface area contributed by atoms with Gasteiger partial charge in [-0.15, -0.1) is 0 Å². The number of halogens is 1. The number of amides is 1. The molecule has 1 amide bonds. The van der Waals surface area contributed by atoms with Crippen LogP contribution in [-0.4, -0.2) is 65.3 Å². The molecule has 0 spiro atoms. The predicted octanol–water partition coefficient (Wildman–Crippen LogP) is 1.95. The van der Waals surface area contributed by atoms with Gasteiger partial charge in [0.25, 0.3) is 5.91 Å². The van der Waals surface area contributed by atoms with E-state index < -0.39 is 5.91 Å². The molecule has 0 radical (unpaired) electrons. The predicted molar refractivity (Wildman–Crippen MR) is 98.2 cm³/mol. The van der Waals surface area contributed by atoms with Crippen LogP contribution in [0.3, 0.4) is 0 Å². The quantitative estimate of drug-likeness (QED) is 0.432. The third kappa shape index (κ3) is 4.16. The van der Waals surface area contributed by atoms with Crippen molar-refractivity contribution in [3.05, 3.63) is 34.6 Å². The number of carbonyl (C=O) groups is 1. The van der Waals surface area contributed by atoms with Crippen molar-refractivity contribution in [1.82, 2.24) is 15.3 Å². The highest BCUT2D eigenvalue weighted by Crippen LogP contribution is 2.36. The van der Waals surface area contributed by atoms with Gasteiger partial charge in [-0.3, -0.25) is 19.8 Å². The van der Waals surface area contributed by atoms with Crippen LogP contribution < -0.4 is 5.48 Å². The largest absolute Gasteiger partial charge is 0.373 e. The lowest BCUT2D eigenvalue weighted by atomic mass is 9.96. The Bertz CT molecular complexity index is 717. The molecule has 1 aromatic rings. The fourth-order valence-corrected chi connectivity index (χ4v) is 4.27. The van der Waals surface area contributed by atoms with E-state index >= 15 is 0 Å². The van der Waals surface area contributed by atoms with Crippen LogP contribution >= 0.6 is 0 Å². The SMILES string of the molecule is CC1(OCCCN2CCc3cc(C(=O)NO)cc(F)c3C2)CN(C2CC2)C1. The summed E-state index contributed by atoms with van der Waals surface area (Å²) >= 11 is 0. The van der Waals surface area contributed by atoms with Gasteiger partial charge in [-0.1, -0.05) is 0 Å². The Hall–Kier alpha value is -1.54. The fraction of sp³-hybridized carbons (Fsp3) is 0.650. The van der Waals surface area contributed by atoms with Crippen LogP contribution in [0.2, 0.25) is 0 Å². The van der Waals surface area contributed by atoms with E-state index in [9.17, 15) is 9.18 Å². The topological polar surface area (TPSA) is 65.0 Å². The van der Waals surface area contributed by atoms with Crippen molar-refractivity contribution < 1.29 is 19.1 Å². The van der Waals surface area contributed by atoms with Gasteiger partial charge in [-0.2, -0.15) is 0 Å². The van der Waals surface area contributed by atoms with Crippen molar-refractivity contribution in [2.24, 2.45) is 0 Å². The minimum absolute atomic E-state index is 0.00682. The molecule has 0 atom stereocenters. The monoisotopic (exact) mass is 377 g/mol. The molecule has 148 valence electrons. The minimum atomic E-state index is -0.680. The lowest BCUT2D eigenvalue weighted by Crippen LogP contribution is -2.62. The van der Waals surface area contributed by atoms with Crippen molar-refractivity contribution in [1.29, 1.82) is 0 Å². The average molecular weight is 377 g/mol. The number of fused-ring (bicyclic) bond motifs is 1. The van der Waals surface area contributed by atoms with Gasteiger partial charge in [0, 0.05) is 56.5 Å². The van der Waals surface area contributed by atoms with Crippen LogP contribution in [0.25, 0.3) is 0 Å². The zero-order valence-electron chi connectivity index (χ0n) is 15.8. The van der Waals surface area contributed by atoms with Gasteiger partial charge in [0.05, 0.1) is 5.60 Å². The molecule has 3 aliphatic rings. The molecule has 0 bridgehead atoms. The molecule has 2 N–H and O–H groups in total. The zero-order valence-corrected chi connectivity index (χ0v) is 15.8. The maximum atomic E-state index is 14.4. The van der Waals surface area contributed by atoms with Gasteiger partial charge >= 0.3 is 0 Å². The highest BCUT2D eigenvalue weighted by Gasteiger charge is 2.45. The Morgan fingerprint density at radius 2 is 2.19 bits per heavy atom. The average Bonchev–Trinajstić information content (AvgIpc) is 3.47. The second-order valence-electron chi connectivity index (χ2n) is 8.35. The fourth-order valence-electron chi connectivity index (χ4n) is 4.27. The Morgan fingerprint density at radius 3 is 2.89 bits per heavy atom. The maximum Gasteiger partial charge on any atom is 0.274 e. The van der Waals surface area contributed by atoms with Crippen LogP contribution in [0, 0.1) is 5.82 Å². The molecule has 2 fully saturated rings. The normalized spacial score (nSPS) is 22.2. The molecule has 1 aromatic carbocycles. The number of carbonyl (C=O) groups excluding carboxylic acids is 1. The first kappa shape index (κ1) is 18.8. The van der Waals surface area contributed by atoms with E-state index in [-0.39, 0.29) is 17.0 Å². The molecule has 0 aromatic heterocycles. The number of hydroxylamine groups is 1. The van der Waals surface area contributed by atoms with Gasteiger partial charge in [0.2, 0.25) is 0 Å². The Kier molecular flexibility index (Phi) is 5.20. The van der Waals surface area contributed by atoms with Gasteiger partial charge in [0.15, 0.2) is 0 Å². The number of likely N-dealkylation sites (tertiary alicyclic amines) is 1. The Morgan fingerprint density at radius 1 is 1.41 bits per heavy atom. The summed E-state index contributed by atoms with van der Waals surface area (Å²) in [6.07, 6.45) is 4.32. The van der Waals surface area contributed by atoms with E-state index in [4.69, 9.17) is 9.94 Å². The van der Waals surface area contributed by atoms with Gasteiger partial charge in [-0.05, 0) is 50.3 Å². The number of hydrogen-bond acceptors (Lipinski definition) is 5. The van der Waals surface area contributed by atoms with Gasteiger partial charge in [0.1, 0.15) is 5.82 Å². The van der Waals surface area contributed by atoms with Crippen molar-refractivity contribution in [3.8, 4) is 0 Å². The van der Waals surface area contributed by atoms with Crippen LogP contribution in [0.4, 0.5) is 4.39 Å². The molecule has 6 nitrogen and oxygen atoms in total. The first-order valence-corrected chi connectivity index (χ1v) is 9.83. The second-order valence-corrected chi connectivity index (χ2v) is 8.35. The number of nitrogens with one attached hydrogen (secondary N) is 1. The molecule has 7 heteroatoms. The van der Waals surface area contributed by atoms with Crippen molar-refractivity contribution in [2.45, 2.75) is 50.8 Å². The Balaban J connectivity index is 1.23. The summed E-state index contributed by atoms with van der Waals surface area (Å²) in [5.41, 5.74) is 3.23. The number of ether oxygens (including phenoxy) is 1. The van der Waals surface area contributed by atoms with E-state index in [0.717, 1.165) is 50.8 Å². The highest BCUT2D eigenvalue weighted by molar-refractivity contribution is 5.93. The van der Waals surface area contributed by atoms with Crippen LogP contribution in [0.15, 0.2) is 12.1 Å². The van der Waals surface area contributed by atoms with E-state index in [1.165, 1.54) is 18.9 Å². The molecule has 0 unspecified atom stereocenters. The van der Waals surface area contributed by atoms with Gasteiger partial charge < -0.3 is 4.74 Å². The Labute approximate surface area is 159 Å². The third-order valence-corrected chi connectivity index (χ3v) is 5.94. The zero-order chi connectivity index (χ0) is 19.0. The van der Waals surface area contributed by atoms with Crippen LogP contribution in [-0.2, 0) is 17.7 Å². The van der Waals surface area contributed by atoms with E-state index in [0.29, 0.717) is 18.5 Å². The van der Waals surface area contributed by atoms with Crippen LogP contribution in [0.5, 0.6) is 0 Å². The summed E-state index contributed by atoms with van der Waals surface area (Å²) in [5, 5.41) is 8.72. The van der Waals surface area contributed by atoms with E-state index in [1.54, 1.807) is 11.5 Å². The first-order valence-electron chi connectivity index (χ1n) is 9.83. The number of hydrogen-bond donors (Lipinski definition) is 2. The van der Waals surface area contributed by atoms with Crippen molar-refractivity contribution >= 4 is 5.91 Å². The summed E-state index contributed by atoms with van der Waals surface area (Å²) in [6.45, 7) is 7.28. The lowest BCUT2D eigenvalue weighted by Gasteiger charge is -2.48. The summed E-state index contributed by atoms with van der Waals surface area (Å²) < 4.78 is 20.5. The number of nitrogens with zero attached hydrogens (tertiary/aromatic N) is 2. The molecule has 1 saturated heterocycles. The molecular weight excluding hydrogens is 349 g/mol. The smallest absolute Gasteiger partial charge is 0.274 e.